The number of hydrogen-bond acceptors (Lipinski definition) is 7. The van der Waals surface area contributed by atoms with E-state index in [9.17, 15) is 4.79 Å². The Morgan fingerprint density at radius 1 is 1.32 bits per heavy atom. The highest BCUT2D eigenvalue weighted by Gasteiger charge is 2.48. The summed E-state index contributed by atoms with van der Waals surface area (Å²) in [4.78, 5) is 22.7. The molecule has 1 aliphatic heterocycles. The van der Waals surface area contributed by atoms with E-state index in [1.54, 1.807) is 26.4 Å². The van der Waals surface area contributed by atoms with Gasteiger partial charge in [0.15, 0.2) is 0 Å². The van der Waals surface area contributed by atoms with E-state index < -0.39 is 11.7 Å². The second-order valence-corrected chi connectivity index (χ2v) is 9.67. The number of hydrogen-bond donors (Lipinski definition) is 3. The van der Waals surface area contributed by atoms with Gasteiger partial charge in [-0.2, -0.15) is 4.98 Å². The van der Waals surface area contributed by atoms with Crippen LogP contribution in [0.2, 0.25) is 5.02 Å². The van der Waals surface area contributed by atoms with Gasteiger partial charge in [0.2, 0.25) is 5.95 Å². The van der Waals surface area contributed by atoms with Gasteiger partial charge in [0.05, 0.1) is 16.6 Å². The lowest BCUT2D eigenvalue weighted by atomic mass is 9.80. The maximum Gasteiger partial charge on any atom is 0.258 e. The Labute approximate surface area is 201 Å². The van der Waals surface area contributed by atoms with Gasteiger partial charge in [0.25, 0.3) is 5.91 Å². The number of nitrogens with two attached hydrogens (primary N) is 2. The van der Waals surface area contributed by atoms with Crippen molar-refractivity contribution >= 4 is 35.0 Å². The van der Waals surface area contributed by atoms with Gasteiger partial charge in [-0.1, -0.05) is 11.6 Å². The first kappa shape index (κ1) is 22.4. The SMILES string of the molecule is Cc1nc(N)nn1[C@@H]1CC[C@@]2(CNc3ncc(-c4ccc(N)c(C(=O)N(C)C)c4F)c(Cl)c32)C1. The molecule has 5 rings (SSSR count). The molecule has 3 heterocycles. The Morgan fingerprint density at radius 2 is 2.09 bits per heavy atom. The Bertz CT molecular complexity index is 1320. The van der Waals surface area contributed by atoms with Gasteiger partial charge in [0.1, 0.15) is 17.5 Å². The molecule has 5 N–H and O–H groups in total. The number of amides is 1. The van der Waals surface area contributed by atoms with Gasteiger partial charge < -0.3 is 21.7 Å². The second kappa shape index (κ2) is 7.83. The summed E-state index contributed by atoms with van der Waals surface area (Å²) in [5, 5.41) is 8.17. The topological polar surface area (TPSA) is 128 Å². The van der Waals surface area contributed by atoms with Crippen molar-refractivity contribution in [2.75, 3.05) is 37.4 Å². The number of fused-ring (bicyclic) bond motifs is 2. The zero-order valence-electron chi connectivity index (χ0n) is 19.2. The molecule has 1 amide bonds. The number of aryl methyl sites for hydroxylation is 1. The average Bonchev–Trinajstić information content (AvgIpc) is 3.47. The van der Waals surface area contributed by atoms with Crippen LogP contribution in [0.5, 0.6) is 0 Å². The van der Waals surface area contributed by atoms with E-state index in [4.69, 9.17) is 23.1 Å². The molecule has 1 aliphatic carbocycles. The van der Waals surface area contributed by atoms with E-state index in [1.165, 1.54) is 11.0 Å². The summed E-state index contributed by atoms with van der Waals surface area (Å²) in [6.45, 7) is 2.56. The van der Waals surface area contributed by atoms with E-state index in [2.05, 4.69) is 20.4 Å². The van der Waals surface area contributed by atoms with Crippen LogP contribution in [0.15, 0.2) is 18.3 Å². The number of benzene rings is 1. The third kappa shape index (κ3) is 3.27. The lowest BCUT2D eigenvalue weighted by molar-refractivity contribution is 0.0824. The molecule has 0 bridgehead atoms. The molecular formula is C23H26ClFN8O. The molecule has 3 aromatic rings. The lowest BCUT2D eigenvalue weighted by Crippen LogP contribution is -2.26. The molecule has 2 aliphatic rings. The van der Waals surface area contributed by atoms with Gasteiger partial charge in [0, 0.05) is 54.6 Å². The number of aromatic nitrogens is 4. The van der Waals surface area contributed by atoms with E-state index in [0.717, 1.165) is 30.7 Å². The van der Waals surface area contributed by atoms with Crippen molar-refractivity contribution in [2.24, 2.45) is 0 Å². The molecule has 178 valence electrons. The molecule has 9 nitrogen and oxygen atoms in total. The van der Waals surface area contributed by atoms with E-state index in [1.807, 2.05) is 11.6 Å². The van der Waals surface area contributed by atoms with Crippen LogP contribution in [0.3, 0.4) is 0 Å². The molecule has 11 heteroatoms. The van der Waals surface area contributed by atoms with Crippen molar-refractivity contribution in [3.05, 3.63) is 46.1 Å². The van der Waals surface area contributed by atoms with Crippen LogP contribution in [-0.2, 0) is 5.41 Å². The first-order valence-electron chi connectivity index (χ1n) is 11.0. The zero-order valence-corrected chi connectivity index (χ0v) is 19.9. The molecule has 34 heavy (non-hydrogen) atoms. The van der Waals surface area contributed by atoms with Crippen LogP contribution >= 0.6 is 11.6 Å². The minimum absolute atomic E-state index is 0.0736. The van der Waals surface area contributed by atoms with E-state index in [0.29, 0.717) is 22.9 Å². The smallest absolute Gasteiger partial charge is 0.258 e. The molecule has 0 saturated heterocycles. The zero-order chi connectivity index (χ0) is 24.4. The number of carbonyl (C=O) groups excluding carboxylic acids is 1. The van der Waals surface area contributed by atoms with Crippen LogP contribution in [0.25, 0.3) is 11.1 Å². The number of halogens is 2. The number of pyridine rings is 1. The number of nitrogens with one attached hydrogen (secondary N) is 1. The fourth-order valence-corrected chi connectivity index (χ4v) is 5.78. The summed E-state index contributed by atoms with van der Waals surface area (Å²) in [5.41, 5.74) is 12.9. The number of carbonyl (C=O) groups is 1. The summed E-state index contributed by atoms with van der Waals surface area (Å²) >= 11 is 6.97. The van der Waals surface area contributed by atoms with Crippen molar-refractivity contribution in [1.29, 1.82) is 0 Å². The van der Waals surface area contributed by atoms with Crippen molar-refractivity contribution in [1.82, 2.24) is 24.6 Å². The minimum Gasteiger partial charge on any atom is -0.398 e. The van der Waals surface area contributed by atoms with Crippen molar-refractivity contribution in [3.63, 3.8) is 0 Å². The summed E-state index contributed by atoms with van der Waals surface area (Å²) in [5.74, 6) is 0.504. The Balaban J connectivity index is 1.58. The van der Waals surface area contributed by atoms with E-state index >= 15 is 4.39 Å². The van der Waals surface area contributed by atoms with Crippen LogP contribution in [-0.4, -0.2) is 51.2 Å². The summed E-state index contributed by atoms with van der Waals surface area (Å²) in [7, 11) is 3.10. The molecule has 0 unspecified atom stereocenters. The first-order chi connectivity index (χ1) is 16.1. The summed E-state index contributed by atoms with van der Waals surface area (Å²) in [6.07, 6.45) is 4.05. The predicted octanol–water partition coefficient (Wildman–Crippen LogP) is 3.40. The van der Waals surface area contributed by atoms with Gasteiger partial charge in [-0.15, -0.1) is 5.10 Å². The summed E-state index contributed by atoms with van der Waals surface area (Å²) < 4.78 is 17.5. The fraction of sp³-hybridized carbons (Fsp3) is 0.391. The molecule has 1 fully saturated rings. The van der Waals surface area contributed by atoms with Crippen LogP contribution < -0.4 is 16.8 Å². The summed E-state index contributed by atoms with van der Waals surface area (Å²) in [6, 6.07) is 3.19. The number of anilines is 3. The average molecular weight is 485 g/mol. The molecule has 2 atom stereocenters. The van der Waals surface area contributed by atoms with Crippen molar-refractivity contribution in [2.45, 2.75) is 37.6 Å². The first-order valence-corrected chi connectivity index (χ1v) is 11.4. The highest BCUT2D eigenvalue weighted by molar-refractivity contribution is 6.34. The maximum absolute atomic E-state index is 15.6. The quantitative estimate of drug-likeness (QED) is 0.486. The van der Waals surface area contributed by atoms with Crippen molar-refractivity contribution < 1.29 is 9.18 Å². The Hall–Kier alpha value is -3.40. The van der Waals surface area contributed by atoms with Gasteiger partial charge in [-0.25, -0.2) is 14.1 Å². The van der Waals surface area contributed by atoms with Gasteiger partial charge in [-0.05, 0) is 38.3 Å². The van der Waals surface area contributed by atoms with Crippen LogP contribution in [0.1, 0.15) is 47.1 Å². The van der Waals surface area contributed by atoms with Gasteiger partial charge in [-0.3, -0.25) is 4.79 Å². The number of nitrogen functional groups attached to an aromatic ring is 2. The largest absolute Gasteiger partial charge is 0.398 e. The Morgan fingerprint density at radius 3 is 2.76 bits per heavy atom. The van der Waals surface area contributed by atoms with Crippen molar-refractivity contribution in [3.8, 4) is 11.1 Å². The van der Waals surface area contributed by atoms with Gasteiger partial charge >= 0.3 is 0 Å². The molecule has 2 aromatic heterocycles. The third-order valence-corrected chi connectivity index (χ3v) is 7.36. The fourth-order valence-electron chi connectivity index (χ4n) is 5.34. The molecular weight excluding hydrogens is 459 g/mol. The second-order valence-electron chi connectivity index (χ2n) is 9.29. The lowest BCUT2D eigenvalue weighted by Gasteiger charge is -2.25. The maximum atomic E-state index is 15.6. The number of rotatable bonds is 3. The van der Waals surface area contributed by atoms with Crippen LogP contribution in [0.4, 0.5) is 21.8 Å². The monoisotopic (exact) mass is 484 g/mol. The highest BCUT2D eigenvalue weighted by atomic mass is 35.5. The molecule has 1 aromatic carbocycles. The predicted molar refractivity (Wildman–Crippen MR) is 129 cm³/mol. The Kier molecular flexibility index (Phi) is 5.16. The normalized spacial score (nSPS) is 21.0. The number of nitrogens with zero attached hydrogens (tertiary/aromatic N) is 5. The highest BCUT2D eigenvalue weighted by Crippen LogP contribution is 2.54. The van der Waals surface area contributed by atoms with E-state index in [-0.39, 0.29) is 34.2 Å². The minimum atomic E-state index is -0.708. The molecule has 1 spiro atoms. The molecule has 0 radical (unpaired) electrons. The molecule has 1 saturated carbocycles. The third-order valence-electron chi connectivity index (χ3n) is 6.97. The van der Waals surface area contributed by atoms with Crippen LogP contribution in [0, 0.1) is 12.7 Å². The standard InChI is InChI=1S/C23H26ClFN8O/c1-11-30-22(27)31-33(11)12-6-7-23(8-12)10-29-20-17(23)18(24)14(9-28-20)13-4-5-15(26)16(19(13)25)21(34)32(2)3/h4-5,9,12H,6-8,10,26H2,1-3H3,(H2,27,31)(H,28,29)/t12-,23+/m1/s1.